The van der Waals surface area contributed by atoms with Crippen molar-refractivity contribution in [2.75, 3.05) is 25.5 Å². The van der Waals surface area contributed by atoms with Gasteiger partial charge in [0.15, 0.2) is 0 Å². The Bertz CT molecular complexity index is 1160. The van der Waals surface area contributed by atoms with Crippen LogP contribution in [-0.2, 0) is 16.6 Å². The maximum Gasteiger partial charge on any atom is 0.264 e. The Kier molecular flexibility index (Phi) is 6.60. The van der Waals surface area contributed by atoms with E-state index in [9.17, 15) is 17.6 Å². The Morgan fingerprint density at radius 3 is 2.16 bits per heavy atom. The number of rotatable bonds is 7. The molecule has 0 heterocycles. The Morgan fingerprint density at radius 1 is 0.935 bits per heavy atom. The van der Waals surface area contributed by atoms with Crippen molar-refractivity contribution in [1.82, 2.24) is 4.90 Å². The number of halogens is 1. The van der Waals surface area contributed by atoms with E-state index in [0.29, 0.717) is 23.5 Å². The molecule has 0 fully saturated rings. The molecule has 8 heteroatoms. The van der Waals surface area contributed by atoms with Gasteiger partial charge in [0.1, 0.15) is 11.6 Å². The molecule has 31 heavy (non-hydrogen) atoms. The number of carbonyl (C=O) groups excluding carboxylic acids is 1. The highest BCUT2D eigenvalue weighted by Crippen LogP contribution is 2.30. The molecule has 0 spiro atoms. The van der Waals surface area contributed by atoms with Crippen molar-refractivity contribution < 1.29 is 22.3 Å². The number of para-hydroxylation sites is 2. The van der Waals surface area contributed by atoms with Crippen LogP contribution in [0.1, 0.15) is 15.9 Å². The summed E-state index contributed by atoms with van der Waals surface area (Å²) in [5.41, 5.74) is 1.54. The van der Waals surface area contributed by atoms with E-state index in [-0.39, 0.29) is 16.6 Å². The fourth-order valence-corrected chi connectivity index (χ4v) is 4.31. The van der Waals surface area contributed by atoms with Gasteiger partial charge in [0.05, 0.1) is 17.7 Å². The minimum Gasteiger partial charge on any atom is -0.495 e. The fraction of sp³-hybridized carbons (Fsp3) is 0.174. The SMILES string of the molecule is COc1ccccc1N(C)S(=O)(=O)c1ccc(C(=O)N(C)Cc2ccc(F)cc2)cc1. The lowest BCUT2D eigenvalue weighted by Gasteiger charge is -2.22. The molecule has 0 radical (unpaired) electrons. The van der Waals surface area contributed by atoms with Gasteiger partial charge in [-0.3, -0.25) is 9.10 Å². The molecule has 3 aromatic rings. The van der Waals surface area contributed by atoms with Gasteiger partial charge in [-0.05, 0) is 54.1 Å². The molecule has 3 rings (SSSR count). The highest BCUT2D eigenvalue weighted by Gasteiger charge is 2.24. The zero-order valence-electron chi connectivity index (χ0n) is 17.4. The van der Waals surface area contributed by atoms with Crippen LogP contribution in [0.15, 0.2) is 77.7 Å². The van der Waals surface area contributed by atoms with E-state index in [2.05, 4.69) is 0 Å². The monoisotopic (exact) mass is 442 g/mol. The van der Waals surface area contributed by atoms with Crippen LogP contribution in [0.2, 0.25) is 0 Å². The number of amides is 1. The van der Waals surface area contributed by atoms with Crippen molar-refractivity contribution in [2.45, 2.75) is 11.4 Å². The first kappa shape index (κ1) is 22.3. The minimum absolute atomic E-state index is 0.0543. The molecule has 0 aliphatic carbocycles. The summed E-state index contributed by atoms with van der Waals surface area (Å²) in [5, 5.41) is 0. The molecule has 1 amide bonds. The second-order valence-corrected chi connectivity index (χ2v) is 8.93. The zero-order valence-corrected chi connectivity index (χ0v) is 18.3. The van der Waals surface area contributed by atoms with E-state index in [0.717, 1.165) is 9.87 Å². The van der Waals surface area contributed by atoms with E-state index in [4.69, 9.17) is 4.74 Å². The number of carbonyl (C=O) groups is 1. The molecule has 0 aromatic heterocycles. The summed E-state index contributed by atoms with van der Waals surface area (Å²) in [6.07, 6.45) is 0. The summed E-state index contributed by atoms with van der Waals surface area (Å²) in [6, 6.07) is 18.5. The van der Waals surface area contributed by atoms with Gasteiger partial charge in [0, 0.05) is 26.2 Å². The zero-order chi connectivity index (χ0) is 22.6. The van der Waals surface area contributed by atoms with E-state index < -0.39 is 10.0 Å². The maximum absolute atomic E-state index is 13.0. The molecule has 6 nitrogen and oxygen atoms in total. The van der Waals surface area contributed by atoms with Crippen LogP contribution >= 0.6 is 0 Å². The van der Waals surface area contributed by atoms with Crippen molar-refractivity contribution in [1.29, 1.82) is 0 Å². The highest BCUT2D eigenvalue weighted by molar-refractivity contribution is 7.92. The first-order valence-corrected chi connectivity index (χ1v) is 10.9. The van der Waals surface area contributed by atoms with Crippen LogP contribution < -0.4 is 9.04 Å². The van der Waals surface area contributed by atoms with Gasteiger partial charge in [0.2, 0.25) is 0 Å². The Labute approximate surface area is 181 Å². The second-order valence-electron chi connectivity index (χ2n) is 6.96. The van der Waals surface area contributed by atoms with E-state index in [1.54, 1.807) is 43.4 Å². The summed E-state index contributed by atoms with van der Waals surface area (Å²) >= 11 is 0. The van der Waals surface area contributed by atoms with Crippen LogP contribution in [0.5, 0.6) is 5.75 Å². The fourth-order valence-electron chi connectivity index (χ4n) is 3.10. The van der Waals surface area contributed by atoms with Crippen LogP contribution in [0.4, 0.5) is 10.1 Å². The molecule has 0 bridgehead atoms. The lowest BCUT2D eigenvalue weighted by atomic mass is 10.1. The third kappa shape index (κ3) is 4.86. The lowest BCUT2D eigenvalue weighted by Crippen LogP contribution is -2.28. The van der Waals surface area contributed by atoms with Crippen molar-refractivity contribution in [3.8, 4) is 5.75 Å². The molecule has 0 saturated carbocycles. The number of anilines is 1. The largest absolute Gasteiger partial charge is 0.495 e. The van der Waals surface area contributed by atoms with Gasteiger partial charge in [-0.1, -0.05) is 24.3 Å². The minimum atomic E-state index is -3.85. The molecule has 3 aromatic carbocycles. The maximum atomic E-state index is 13.0. The molecule has 0 unspecified atom stereocenters. The average molecular weight is 443 g/mol. The van der Waals surface area contributed by atoms with Crippen molar-refractivity contribution in [2.24, 2.45) is 0 Å². The van der Waals surface area contributed by atoms with E-state index in [1.165, 1.54) is 55.5 Å². The summed E-state index contributed by atoms with van der Waals surface area (Å²) in [4.78, 5) is 14.2. The first-order chi connectivity index (χ1) is 14.7. The van der Waals surface area contributed by atoms with Crippen LogP contribution in [0.3, 0.4) is 0 Å². The molecule has 162 valence electrons. The highest BCUT2D eigenvalue weighted by atomic mass is 32.2. The third-order valence-electron chi connectivity index (χ3n) is 4.86. The number of ether oxygens (including phenoxy) is 1. The third-order valence-corrected chi connectivity index (χ3v) is 6.65. The van der Waals surface area contributed by atoms with Crippen LogP contribution in [0, 0.1) is 5.82 Å². The molecule has 0 atom stereocenters. The van der Waals surface area contributed by atoms with Crippen LogP contribution in [0.25, 0.3) is 0 Å². The number of sulfonamides is 1. The van der Waals surface area contributed by atoms with Gasteiger partial charge in [-0.15, -0.1) is 0 Å². The number of methoxy groups -OCH3 is 1. The predicted molar refractivity (Wildman–Crippen MR) is 117 cm³/mol. The summed E-state index contributed by atoms with van der Waals surface area (Å²) < 4.78 is 45.5. The average Bonchev–Trinajstić information content (AvgIpc) is 2.79. The van der Waals surface area contributed by atoms with Crippen molar-refractivity contribution in [3.05, 3.63) is 89.7 Å². The Balaban J connectivity index is 1.78. The number of nitrogens with zero attached hydrogens (tertiary/aromatic N) is 2. The van der Waals surface area contributed by atoms with Crippen molar-refractivity contribution >= 4 is 21.6 Å². The van der Waals surface area contributed by atoms with Gasteiger partial charge in [-0.2, -0.15) is 0 Å². The number of hydrogen-bond acceptors (Lipinski definition) is 4. The quantitative estimate of drug-likeness (QED) is 0.556. The molecule has 0 N–H and O–H groups in total. The van der Waals surface area contributed by atoms with Crippen LogP contribution in [-0.4, -0.2) is 40.4 Å². The van der Waals surface area contributed by atoms with E-state index >= 15 is 0 Å². The smallest absolute Gasteiger partial charge is 0.264 e. The Morgan fingerprint density at radius 2 is 1.55 bits per heavy atom. The molecule has 0 saturated heterocycles. The van der Waals surface area contributed by atoms with Crippen molar-refractivity contribution in [3.63, 3.8) is 0 Å². The number of benzene rings is 3. The number of hydrogen-bond donors (Lipinski definition) is 0. The van der Waals surface area contributed by atoms with Gasteiger partial charge in [0.25, 0.3) is 15.9 Å². The summed E-state index contributed by atoms with van der Waals surface area (Å²) in [7, 11) is 0.705. The molecule has 0 aliphatic rings. The van der Waals surface area contributed by atoms with Gasteiger partial charge < -0.3 is 9.64 Å². The normalized spacial score (nSPS) is 11.1. The molecular formula is C23H23FN2O4S. The molecule has 0 aliphatic heterocycles. The summed E-state index contributed by atoms with van der Waals surface area (Å²) in [6.45, 7) is 0.301. The first-order valence-electron chi connectivity index (χ1n) is 9.46. The lowest BCUT2D eigenvalue weighted by molar-refractivity contribution is 0.0785. The molecular weight excluding hydrogens is 419 g/mol. The predicted octanol–water partition coefficient (Wildman–Crippen LogP) is 3.93. The summed E-state index contributed by atoms with van der Waals surface area (Å²) in [5.74, 6) is -0.179. The van der Waals surface area contributed by atoms with Gasteiger partial charge in [-0.25, -0.2) is 12.8 Å². The Hall–Kier alpha value is -3.39. The second kappa shape index (κ2) is 9.18. The topological polar surface area (TPSA) is 66.9 Å². The standard InChI is InChI=1S/C23H23FN2O4S/c1-25(16-17-8-12-19(24)13-9-17)23(27)18-10-14-20(15-11-18)31(28,29)26(2)21-6-4-5-7-22(21)30-3/h4-15H,16H2,1-3H3. The van der Waals surface area contributed by atoms with Gasteiger partial charge >= 0.3 is 0 Å². The van der Waals surface area contributed by atoms with E-state index in [1.807, 2.05) is 0 Å².